The molecule has 0 amide bonds. The van der Waals surface area contributed by atoms with Gasteiger partial charge in [0, 0.05) is 7.05 Å². The minimum Gasteiger partial charge on any atom is -0.478 e. The van der Waals surface area contributed by atoms with Crippen LogP contribution in [0.3, 0.4) is 0 Å². The quantitative estimate of drug-likeness (QED) is 0.670. The van der Waals surface area contributed by atoms with Gasteiger partial charge in [0.05, 0.1) is 6.20 Å². The molecule has 7 heteroatoms. The summed E-state index contributed by atoms with van der Waals surface area (Å²) >= 11 is 0. The van der Waals surface area contributed by atoms with Crippen LogP contribution in [0.1, 0.15) is 20.8 Å². The molecule has 0 saturated carbocycles. The lowest BCUT2D eigenvalue weighted by atomic mass is 10.2. The van der Waals surface area contributed by atoms with Crippen molar-refractivity contribution in [3.63, 3.8) is 0 Å². The maximum atomic E-state index is 12.7. The van der Waals surface area contributed by atoms with E-state index in [0.717, 1.165) is 23.0 Å². The fourth-order valence-corrected chi connectivity index (χ4v) is 1.49. The molecule has 19 heavy (non-hydrogen) atoms. The number of nitrogens with zero attached hydrogens (tertiary/aromatic N) is 2. The van der Waals surface area contributed by atoms with Gasteiger partial charge in [-0.1, -0.05) is 0 Å². The summed E-state index contributed by atoms with van der Waals surface area (Å²) < 4.78 is 18.8. The zero-order chi connectivity index (χ0) is 14.0. The van der Waals surface area contributed by atoms with Gasteiger partial charge in [-0.15, -0.1) is 0 Å². The number of carboxylic acid groups (broad SMARTS) is 1. The first-order valence-electron chi connectivity index (χ1n) is 5.22. The lowest BCUT2D eigenvalue weighted by Crippen LogP contribution is -2.17. The van der Waals surface area contributed by atoms with Gasteiger partial charge in [-0.2, -0.15) is 5.10 Å². The molecule has 0 saturated heterocycles. The molecular weight excluding hydrogens is 255 g/mol. The Hall–Kier alpha value is -2.70. The summed E-state index contributed by atoms with van der Waals surface area (Å²) in [7, 11) is 1.42. The monoisotopic (exact) mass is 264 g/mol. The number of aromatic nitrogens is 2. The van der Waals surface area contributed by atoms with E-state index in [0.29, 0.717) is 0 Å². The first-order valence-corrected chi connectivity index (χ1v) is 5.22. The zero-order valence-electron chi connectivity index (χ0n) is 9.83. The van der Waals surface area contributed by atoms with Crippen LogP contribution in [-0.2, 0) is 7.05 Å². The molecule has 0 aliphatic rings. The van der Waals surface area contributed by atoms with Crippen molar-refractivity contribution in [1.82, 2.24) is 9.78 Å². The van der Waals surface area contributed by atoms with E-state index in [9.17, 15) is 14.0 Å². The predicted molar refractivity (Wildman–Crippen MR) is 61.5 cm³/mol. The molecule has 0 aliphatic heterocycles. The van der Waals surface area contributed by atoms with Gasteiger partial charge in [0.1, 0.15) is 17.1 Å². The van der Waals surface area contributed by atoms with E-state index >= 15 is 0 Å². The maximum absolute atomic E-state index is 12.7. The minimum absolute atomic E-state index is 0.115. The fourth-order valence-electron chi connectivity index (χ4n) is 1.49. The molecule has 2 aromatic rings. The number of halogens is 1. The van der Waals surface area contributed by atoms with E-state index in [4.69, 9.17) is 9.84 Å². The van der Waals surface area contributed by atoms with Crippen LogP contribution in [0.4, 0.5) is 4.39 Å². The summed E-state index contributed by atoms with van der Waals surface area (Å²) in [5.74, 6) is -2.50. The van der Waals surface area contributed by atoms with Crippen LogP contribution in [0.15, 0.2) is 30.5 Å². The molecule has 6 nitrogen and oxygen atoms in total. The third-order valence-electron chi connectivity index (χ3n) is 2.39. The second-order valence-electron chi connectivity index (χ2n) is 3.68. The normalized spacial score (nSPS) is 10.2. The van der Waals surface area contributed by atoms with Gasteiger partial charge in [-0.05, 0) is 24.3 Å². The summed E-state index contributed by atoms with van der Waals surface area (Å²) in [6, 6.07) is 4.79. The summed E-state index contributed by atoms with van der Waals surface area (Å²) in [5, 5.41) is 12.6. The first-order chi connectivity index (χ1) is 8.99. The third-order valence-corrected chi connectivity index (χ3v) is 2.39. The number of hydrogen-bond donors (Lipinski definition) is 1. The Bertz CT molecular complexity index is 634. The number of benzene rings is 1. The first kappa shape index (κ1) is 12.7. The van der Waals surface area contributed by atoms with Gasteiger partial charge in [0.15, 0.2) is 5.69 Å². The van der Waals surface area contributed by atoms with Crippen LogP contribution in [0.2, 0.25) is 0 Å². The lowest BCUT2D eigenvalue weighted by molar-refractivity contribution is 0.0663. The molecule has 0 fully saturated rings. The van der Waals surface area contributed by atoms with Crippen molar-refractivity contribution in [2.75, 3.05) is 0 Å². The molecule has 2 rings (SSSR count). The molecular formula is C12H9FN2O4. The van der Waals surface area contributed by atoms with Gasteiger partial charge in [0.25, 0.3) is 0 Å². The second-order valence-corrected chi connectivity index (χ2v) is 3.68. The van der Waals surface area contributed by atoms with Gasteiger partial charge >= 0.3 is 11.9 Å². The Kier molecular flexibility index (Phi) is 3.28. The van der Waals surface area contributed by atoms with E-state index in [2.05, 4.69) is 5.10 Å². The Labute approximate surface area is 107 Å². The number of carbonyl (C=O) groups is 2. The largest absolute Gasteiger partial charge is 0.478 e. The molecule has 0 spiro atoms. The van der Waals surface area contributed by atoms with Crippen molar-refractivity contribution in [2.45, 2.75) is 0 Å². The van der Waals surface area contributed by atoms with E-state index in [-0.39, 0.29) is 17.0 Å². The Morgan fingerprint density at radius 1 is 1.32 bits per heavy atom. The Morgan fingerprint density at radius 3 is 2.53 bits per heavy atom. The summed E-state index contributed by atoms with van der Waals surface area (Å²) in [4.78, 5) is 22.8. The van der Waals surface area contributed by atoms with E-state index in [1.165, 1.54) is 19.2 Å². The molecule has 1 aromatic carbocycles. The van der Waals surface area contributed by atoms with Gasteiger partial charge in [-0.25, -0.2) is 14.0 Å². The fraction of sp³-hybridized carbons (Fsp3) is 0.0833. The second kappa shape index (κ2) is 4.89. The molecule has 0 radical (unpaired) electrons. The number of esters is 1. The Morgan fingerprint density at radius 2 is 1.95 bits per heavy atom. The highest BCUT2D eigenvalue weighted by Crippen LogP contribution is 2.15. The SMILES string of the molecule is Cn1ncc(C(=O)O)c1C(=O)Oc1ccc(F)cc1. The van der Waals surface area contributed by atoms with Crippen LogP contribution in [0, 0.1) is 5.82 Å². The van der Waals surface area contributed by atoms with Crippen molar-refractivity contribution in [3.8, 4) is 5.75 Å². The maximum Gasteiger partial charge on any atom is 0.362 e. The van der Waals surface area contributed by atoms with Gasteiger partial charge < -0.3 is 9.84 Å². The molecule has 0 unspecified atom stereocenters. The number of aryl methyl sites for hydroxylation is 1. The average molecular weight is 264 g/mol. The Balaban J connectivity index is 2.27. The van der Waals surface area contributed by atoms with Crippen LogP contribution in [0.5, 0.6) is 5.75 Å². The van der Waals surface area contributed by atoms with Crippen molar-refractivity contribution in [2.24, 2.45) is 7.05 Å². The van der Waals surface area contributed by atoms with Crippen LogP contribution < -0.4 is 4.74 Å². The minimum atomic E-state index is -1.28. The van der Waals surface area contributed by atoms with Crippen LogP contribution >= 0.6 is 0 Å². The summed E-state index contributed by atoms with van der Waals surface area (Å²) in [6.07, 6.45) is 1.06. The highest BCUT2D eigenvalue weighted by Gasteiger charge is 2.23. The van der Waals surface area contributed by atoms with Crippen molar-refractivity contribution < 1.29 is 23.8 Å². The predicted octanol–water partition coefficient (Wildman–Crippen LogP) is 1.48. The van der Waals surface area contributed by atoms with Crippen molar-refractivity contribution in [1.29, 1.82) is 0 Å². The molecule has 0 bridgehead atoms. The zero-order valence-corrected chi connectivity index (χ0v) is 9.83. The highest BCUT2D eigenvalue weighted by atomic mass is 19.1. The van der Waals surface area contributed by atoms with E-state index in [1.54, 1.807) is 0 Å². The van der Waals surface area contributed by atoms with Crippen molar-refractivity contribution in [3.05, 3.63) is 47.5 Å². The number of hydrogen-bond acceptors (Lipinski definition) is 4. The number of ether oxygens (including phenoxy) is 1. The summed E-state index contributed by atoms with van der Waals surface area (Å²) in [5.41, 5.74) is -0.438. The van der Waals surface area contributed by atoms with Gasteiger partial charge in [0.2, 0.25) is 0 Å². The number of rotatable bonds is 3. The molecule has 1 N–H and O–H groups in total. The number of carboxylic acids is 1. The molecule has 98 valence electrons. The molecule has 0 aliphatic carbocycles. The number of aromatic carboxylic acids is 1. The van der Waals surface area contributed by atoms with Crippen molar-refractivity contribution >= 4 is 11.9 Å². The average Bonchev–Trinajstić information content (AvgIpc) is 2.74. The van der Waals surface area contributed by atoms with E-state index < -0.39 is 17.8 Å². The van der Waals surface area contributed by atoms with Gasteiger partial charge in [-0.3, -0.25) is 4.68 Å². The molecule has 1 aromatic heterocycles. The number of carbonyl (C=O) groups excluding carboxylic acids is 1. The van der Waals surface area contributed by atoms with E-state index in [1.807, 2.05) is 0 Å². The highest BCUT2D eigenvalue weighted by molar-refractivity contribution is 6.01. The van der Waals surface area contributed by atoms with Crippen LogP contribution in [0.25, 0.3) is 0 Å². The topological polar surface area (TPSA) is 81.4 Å². The standard InChI is InChI=1S/C12H9FN2O4/c1-15-10(9(6-14-15)11(16)17)12(18)19-8-4-2-7(13)3-5-8/h2-6H,1H3,(H,16,17). The van der Waals surface area contributed by atoms with Crippen LogP contribution in [-0.4, -0.2) is 26.8 Å². The summed E-state index contributed by atoms with van der Waals surface area (Å²) in [6.45, 7) is 0. The smallest absolute Gasteiger partial charge is 0.362 e. The third kappa shape index (κ3) is 2.59. The molecule has 1 heterocycles. The molecule has 0 atom stereocenters. The lowest BCUT2D eigenvalue weighted by Gasteiger charge is -2.05.